The first-order valence-corrected chi connectivity index (χ1v) is 8.67. The summed E-state index contributed by atoms with van der Waals surface area (Å²) in [7, 11) is 0. The van der Waals surface area contributed by atoms with Crippen molar-refractivity contribution < 1.29 is 4.74 Å². The van der Waals surface area contributed by atoms with Gasteiger partial charge in [0.15, 0.2) is 0 Å². The van der Waals surface area contributed by atoms with E-state index in [4.69, 9.17) is 4.74 Å². The second-order valence-electron chi connectivity index (χ2n) is 7.16. The molecule has 1 heteroatoms. The average molecular weight is 296 g/mol. The van der Waals surface area contributed by atoms with Gasteiger partial charge in [-0.25, -0.2) is 0 Å². The molecule has 1 saturated heterocycles. The minimum absolute atomic E-state index is 0.209. The summed E-state index contributed by atoms with van der Waals surface area (Å²) in [4.78, 5) is 0. The van der Waals surface area contributed by atoms with E-state index in [-0.39, 0.29) is 6.10 Å². The molecule has 0 bridgehead atoms. The number of aryl methyl sites for hydroxylation is 1. The van der Waals surface area contributed by atoms with Crippen molar-refractivity contribution in [2.45, 2.75) is 53.2 Å². The standard InChI is InChI=1S/C21H28O/c1-6-20-15(4)14(3)16(5)21(22-20)19-12-13(2)11-17-9-7-8-10-18(17)19/h7-12,14-16,20-21H,6H2,1-5H3. The van der Waals surface area contributed by atoms with E-state index in [2.05, 4.69) is 71.0 Å². The summed E-state index contributed by atoms with van der Waals surface area (Å²) in [5.41, 5.74) is 2.70. The van der Waals surface area contributed by atoms with Crippen molar-refractivity contribution in [3.05, 3.63) is 47.5 Å². The summed E-state index contributed by atoms with van der Waals surface area (Å²) in [6.45, 7) is 11.5. The molecule has 1 fully saturated rings. The van der Waals surface area contributed by atoms with Crippen LogP contribution in [0, 0.1) is 24.7 Å². The zero-order valence-electron chi connectivity index (χ0n) is 14.5. The number of hydrogen-bond donors (Lipinski definition) is 0. The molecule has 5 unspecified atom stereocenters. The van der Waals surface area contributed by atoms with Crippen LogP contribution in [0.25, 0.3) is 10.8 Å². The first-order chi connectivity index (χ1) is 10.5. The minimum atomic E-state index is 0.209. The van der Waals surface area contributed by atoms with Crippen molar-refractivity contribution in [1.29, 1.82) is 0 Å². The van der Waals surface area contributed by atoms with E-state index in [0.29, 0.717) is 23.9 Å². The molecule has 3 rings (SSSR count). The van der Waals surface area contributed by atoms with Gasteiger partial charge in [-0.15, -0.1) is 0 Å². The Bertz CT molecular complexity index is 658. The molecule has 0 aliphatic carbocycles. The van der Waals surface area contributed by atoms with Crippen LogP contribution in [-0.4, -0.2) is 6.10 Å². The van der Waals surface area contributed by atoms with Gasteiger partial charge in [0.25, 0.3) is 0 Å². The Morgan fingerprint density at radius 1 is 0.955 bits per heavy atom. The first kappa shape index (κ1) is 15.6. The molecule has 118 valence electrons. The van der Waals surface area contributed by atoms with Gasteiger partial charge in [-0.05, 0) is 47.4 Å². The van der Waals surface area contributed by atoms with Gasteiger partial charge in [0.1, 0.15) is 0 Å². The van der Waals surface area contributed by atoms with Crippen LogP contribution < -0.4 is 0 Å². The summed E-state index contributed by atoms with van der Waals surface area (Å²) in [6.07, 6.45) is 1.68. The van der Waals surface area contributed by atoms with Crippen LogP contribution in [0.4, 0.5) is 0 Å². The average Bonchev–Trinajstić information content (AvgIpc) is 2.52. The zero-order chi connectivity index (χ0) is 15.9. The third kappa shape index (κ3) is 2.56. The quantitative estimate of drug-likeness (QED) is 0.669. The van der Waals surface area contributed by atoms with E-state index in [1.807, 2.05) is 0 Å². The zero-order valence-corrected chi connectivity index (χ0v) is 14.5. The van der Waals surface area contributed by atoms with Gasteiger partial charge in [0.2, 0.25) is 0 Å². The lowest BCUT2D eigenvalue weighted by Crippen LogP contribution is -2.40. The highest BCUT2D eigenvalue weighted by atomic mass is 16.5. The number of hydrogen-bond acceptors (Lipinski definition) is 1. The van der Waals surface area contributed by atoms with Crippen molar-refractivity contribution in [2.24, 2.45) is 17.8 Å². The molecule has 0 amide bonds. The Kier molecular flexibility index (Phi) is 4.27. The van der Waals surface area contributed by atoms with Gasteiger partial charge < -0.3 is 4.74 Å². The summed E-state index contributed by atoms with van der Waals surface area (Å²) in [5, 5.41) is 2.68. The normalized spacial score (nSPS) is 32.3. The Labute approximate surface area is 134 Å². The van der Waals surface area contributed by atoms with Crippen LogP contribution in [-0.2, 0) is 4.74 Å². The van der Waals surface area contributed by atoms with E-state index in [1.54, 1.807) is 0 Å². The SMILES string of the molecule is CCC1OC(c2cc(C)cc3ccccc23)C(C)C(C)C1C. The topological polar surface area (TPSA) is 9.23 Å². The predicted octanol–water partition coefficient (Wildman–Crippen LogP) is 5.91. The lowest BCUT2D eigenvalue weighted by Gasteiger charge is -2.44. The van der Waals surface area contributed by atoms with Crippen molar-refractivity contribution in [3.63, 3.8) is 0 Å². The fraction of sp³-hybridized carbons (Fsp3) is 0.524. The predicted molar refractivity (Wildman–Crippen MR) is 94.1 cm³/mol. The summed E-state index contributed by atoms with van der Waals surface area (Å²) in [6, 6.07) is 13.3. The lowest BCUT2D eigenvalue weighted by molar-refractivity contribution is -0.136. The molecule has 1 aliphatic heterocycles. The van der Waals surface area contributed by atoms with Crippen molar-refractivity contribution in [2.75, 3.05) is 0 Å². The second-order valence-corrected chi connectivity index (χ2v) is 7.16. The molecular weight excluding hydrogens is 268 g/mol. The summed E-state index contributed by atoms with van der Waals surface area (Å²) >= 11 is 0. The third-order valence-electron chi connectivity index (χ3n) is 5.79. The van der Waals surface area contributed by atoms with Gasteiger partial charge in [0, 0.05) is 0 Å². The van der Waals surface area contributed by atoms with Crippen molar-refractivity contribution in [3.8, 4) is 0 Å². The Morgan fingerprint density at radius 3 is 2.41 bits per heavy atom. The largest absolute Gasteiger partial charge is 0.370 e. The smallest absolute Gasteiger partial charge is 0.0863 e. The first-order valence-electron chi connectivity index (χ1n) is 8.67. The van der Waals surface area contributed by atoms with Crippen molar-refractivity contribution in [1.82, 2.24) is 0 Å². The van der Waals surface area contributed by atoms with Gasteiger partial charge in [-0.3, -0.25) is 0 Å². The van der Waals surface area contributed by atoms with Crippen LogP contribution >= 0.6 is 0 Å². The van der Waals surface area contributed by atoms with E-state index in [1.165, 1.54) is 21.9 Å². The Morgan fingerprint density at radius 2 is 1.68 bits per heavy atom. The third-order valence-corrected chi connectivity index (χ3v) is 5.79. The molecule has 0 aromatic heterocycles. The van der Waals surface area contributed by atoms with E-state index < -0.39 is 0 Å². The lowest BCUT2D eigenvalue weighted by atomic mass is 9.73. The van der Waals surface area contributed by atoms with Gasteiger partial charge in [0.05, 0.1) is 12.2 Å². The minimum Gasteiger partial charge on any atom is -0.370 e. The Balaban J connectivity index is 2.10. The van der Waals surface area contributed by atoms with Crippen LogP contribution in [0.2, 0.25) is 0 Å². The molecular formula is C21H28O. The number of fused-ring (bicyclic) bond motifs is 1. The molecule has 1 aliphatic rings. The van der Waals surface area contributed by atoms with Gasteiger partial charge >= 0.3 is 0 Å². The molecule has 1 heterocycles. The second kappa shape index (κ2) is 6.04. The molecule has 2 aromatic rings. The summed E-state index contributed by atoms with van der Waals surface area (Å²) < 4.78 is 6.58. The monoisotopic (exact) mass is 296 g/mol. The highest BCUT2D eigenvalue weighted by Crippen LogP contribution is 2.45. The molecule has 1 nitrogen and oxygen atoms in total. The summed E-state index contributed by atoms with van der Waals surface area (Å²) in [5.74, 6) is 1.86. The maximum absolute atomic E-state index is 6.58. The molecule has 5 atom stereocenters. The van der Waals surface area contributed by atoms with E-state index in [0.717, 1.165) is 6.42 Å². The number of ether oxygens (including phenoxy) is 1. The van der Waals surface area contributed by atoms with Gasteiger partial charge in [-0.2, -0.15) is 0 Å². The van der Waals surface area contributed by atoms with Gasteiger partial charge in [-0.1, -0.05) is 69.7 Å². The van der Waals surface area contributed by atoms with Crippen LogP contribution in [0.15, 0.2) is 36.4 Å². The molecule has 0 spiro atoms. The maximum Gasteiger partial charge on any atom is 0.0863 e. The molecule has 0 N–H and O–H groups in total. The number of benzene rings is 2. The molecule has 2 aromatic carbocycles. The fourth-order valence-electron chi connectivity index (χ4n) is 4.08. The molecule has 0 radical (unpaired) electrons. The highest BCUT2D eigenvalue weighted by Gasteiger charge is 2.39. The van der Waals surface area contributed by atoms with E-state index >= 15 is 0 Å². The van der Waals surface area contributed by atoms with Crippen LogP contribution in [0.1, 0.15) is 51.3 Å². The van der Waals surface area contributed by atoms with Crippen LogP contribution in [0.5, 0.6) is 0 Å². The molecule has 0 saturated carbocycles. The highest BCUT2D eigenvalue weighted by molar-refractivity contribution is 5.86. The maximum atomic E-state index is 6.58. The van der Waals surface area contributed by atoms with Crippen molar-refractivity contribution >= 4 is 10.8 Å². The Hall–Kier alpha value is -1.34. The molecule has 22 heavy (non-hydrogen) atoms. The van der Waals surface area contributed by atoms with E-state index in [9.17, 15) is 0 Å². The fourth-order valence-corrected chi connectivity index (χ4v) is 4.08. The number of rotatable bonds is 2. The van der Waals surface area contributed by atoms with Crippen LogP contribution in [0.3, 0.4) is 0 Å².